The number of halogens is 1. The Labute approximate surface area is 418 Å². The molecule has 1 fully saturated rings. The van der Waals surface area contributed by atoms with Gasteiger partial charge in [0, 0.05) is 102 Å². The zero-order valence-electron chi connectivity index (χ0n) is 42.4. The molecule has 13 nitrogen and oxygen atoms in total. The van der Waals surface area contributed by atoms with Crippen LogP contribution in [0.4, 0.5) is 21.5 Å². The molecule has 0 bridgehead atoms. The molecule has 14 heteroatoms. The number of nitrogens with one attached hydrogen (secondary N) is 5. The van der Waals surface area contributed by atoms with E-state index in [9.17, 15) is 23.6 Å². The van der Waals surface area contributed by atoms with Crippen molar-refractivity contribution in [1.82, 2.24) is 34.7 Å². The molecular formula is C58H64FN9O4. The van der Waals surface area contributed by atoms with E-state index in [0.29, 0.717) is 46.7 Å². The number of aromatic amines is 2. The molecule has 72 heavy (non-hydrogen) atoms. The van der Waals surface area contributed by atoms with Crippen LogP contribution in [0.2, 0.25) is 0 Å². The van der Waals surface area contributed by atoms with E-state index in [2.05, 4.69) is 84.2 Å². The number of aromatic nitrogens is 5. The van der Waals surface area contributed by atoms with E-state index in [1.807, 2.05) is 89.2 Å². The van der Waals surface area contributed by atoms with Crippen molar-refractivity contribution in [3.05, 3.63) is 186 Å². The van der Waals surface area contributed by atoms with Gasteiger partial charge in [0.25, 0.3) is 22.9 Å². The third-order valence-corrected chi connectivity index (χ3v) is 14.4. The van der Waals surface area contributed by atoms with Crippen molar-refractivity contribution >= 4 is 50.7 Å². The largest absolute Gasteiger partial charge is 0.371 e. The van der Waals surface area contributed by atoms with Gasteiger partial charge in [0.2, 0.25) is 0 Å². The second-order valence-corrected chi connectivity index (χ2v) is 20.0. The van der Waals surface area contributed by atoms with Gasteiger partial charge in [-0.05, 0) is 175 Å². The molecule has 0 aliphatic carbocycles. The summed E-state index contributed by atoms with van der Waals surface area (Å²) in [6.45, 7) is 17.7. The lowest BCUT2D eigenvalue weighted by Gasteiger charge is -2.34. The smallest absolute Gasteiger partial charge is 0.253 e. The molecule has 0 saturated carbocycles. The van der Waals surface area contributed by atoms with Gasteiger partial charge in [-0.1, -0.05) is 12.1 Å². The summed E-state index contributed by atoms with van der Waals surface area (Å²) in [5, 5.41) is 11.3. The molecule has 1 saturated heterocycles. The summed E-state index contributed by atoms with van der Waals surface area (Å²) in [6.07, 6.45) is 10.6. The normalized spacial score (nSPS) is 13.6. The molecule has 1 unspecified atom stereocenters. The minimum absolute atomic E-state index is 0.0399. The topological polar surface area (TPSA) is 162 Å². The van der Waals surface area contributed by atoms with Crippen LogP contribution < -0.4 is 32.0 Å². The van der Waals surface area contributed by atoms with Crippen LogP contribution in [0.5, 0.6) is 0 Å². The van der Waals surface area contributed by atoms with Crippen molar-refractivity contribution < 1.29 is 14.0 Å². The molecule has 5 N–H and O–H groups in total. The number of carbonyl (C=O) groups excluding carboxylic acids is 2. The van der Waals surface area contributed by atoms with Gasteiger partial charge in [0.1, 0.15) is 5.82 Å². The minimum Gasteiger partial charge on any atom is -0.371 e. The number of rotatable bonds is 15. The highest BCUT2D eigenvalue weighted by Crippen LogP contribution is 2.37. The minimum atomic E-state index is -0.309. The number of carbonyl (C=O) groups is 2. The molecule has 3 aromatic carbocycles. The van der Waals surface area contributed by atoms with Crippen molar-refractivity contribution in [2.24, 2.45) is 0 Å². The fourth-order valence-corrected chi connectivity index (χ4v) is 10.7. The van der Waals surface area contributed by atoms with Gasteiger partial charge in [-0.15, -0.1) is 0 Å². The van der Waals surface area contributed by atoms with Crippen LogP contribution >= 0.6 is 0 Å². The van der Waals surface area contributed by atoms with E-state index in [1.54, 1.807) is 12.4 Å². The third-order valence-electron chi connectivity index (χ3n) is 14.4. The number of amides is 2. The molecule has 5 aromatic heterocycles. The van der Waals surface area contributed by atoms with Gasteiger partial charge < -0.3 is 40.0 Å². The number of aryl methyl sites for hydroxylation is 6. The molecule has 0 spiro atoms. The summed E-state index contributed by atoms with van der Waals surface area (Å²) in [5.74, 6) is -0.459. The number of benzene rings is 3. The highest BCUT2D eigenvalue weighted by molar-refractivity contribution is 6.10. The van der Waals surface area contributed by atoms with Crippen LogP contribution in [-0.4, -0.2) is 49.0 Å². The Morgan fingerprint density at radius 1 is 0.722 bits per heavy atom. The maximum atomic E-state index is 14.6. The van der Waals surface area contributed by atoms with Crippen molar-refractivity contribution in [1.29, 1.82) is 0 Å². The van der Waals surface area contributed by atoms with Crippen LogP contribution in [-0.2, 0) is 19.5 Å². The monoisotopic (exact) mass is 970 g/mol. The molecular weight excluding hydrogens is 906 g/mol. The number of pyridine rings is 3. The molecule has 8 aromatic rings. The summed E-state index contributed by atoms with van der Waals surface area (Å²) in [7, 11) is 0. The number of piperidine rings is 1. The molecule has 1 aliphatic rings. The quantitative estimate of drug-likeness (QED) is 0.0683. The summed E-state index contributed by atoms with van der Waals surface area (Å²) in [4.78, 5) is 67.9. The van der Waals surface area contributed by atoms with Crippen LogP contribution in [0.15, 0.2) is 107 Å². The average Bonchev–Trinajstić information content (AvgIpc) is 3.88. The number of anilines is 3. The van der Waals surface area contributed by atoms with Gasteiger partial charge in [0.15, 0.2) is 0 Å². The Hall–Kier alpha value is -7.74. The van der Waals surface area contributed by atoms with Crippen molar-refractivity contribution in [2.75, 3.05) is 23.3 Å². The fourth-order valence-electron chi connectivity index (χ4n) is 10.7. The van der Waals surface area contributed by atoms with E-state index < -0.39 is 0 Å². The molecule has 6 heterocycles. The Morgan fingerprint density at radius 2 is 1.33 bits per heavy atom. The first-order valence-corrected chi connectivity index (χ1v) is 25.0. The predicted octanol–water partition coefficient (Wildman–Crippen LogP) is 10.8. The van der Waals surface area contributed by atoms with Gasteiger partial charge in [-0.3, -0.25) is 24.2 Å². The molecule has 1 aliphatic heterocycles. The first-order valence-electron chi connectivity index (χ1n) is 25.0. The van der Waals surface area contributed by atoms with Gasteiger partial charge in [-0.2, -0.15) is 0 Å². The van der Waals surface area contributed by atoms with E-state index in [-0.39, 0.29) is 53.9 Å². The average molecular weight is 970 g/mol. The Balaban J connectivity index is 0.966. The summed E-state index contributed by atoms with van der Waals surface area (Å²) >= 11 is 0. The number of fused-ring (bicyclic) bond motifs is 2. The van der Waals surface area contributed by atoms with Gasteiger partial charge in [-0.25, -0.2) is 4.39 Å². The van der Waals surface area contributed by atoms with Crippen LogP contribution in [0.1, 0.15) is 129 Å². The maximum absolute atomic E-state index is 14.6. The second-order valence-electron chi connectivity index (χ2n) is 20.0. The number of nitrogens with zero attached hydrogens (tertiary/aromatic N) is 4. The zero-order chi connectivity index (χ0) is 51.0. The summed E-state index contributed by atoms with van der Waals surface area (Å²) in [6, 6.07) is 22.6. The second kappa shape index (κ2) is 20.5. The van der Waals surface area contributed by atoms with E-state index in [0.717, 1.165) is 98.3 Å². The molecule has 0 radical (unpaired) electrons. The molecule has 9 rings (SSSR count). The van der Waals surface area contributed by atoms with Crippen LogP contribution in [0.25, 0.3) is 21.8 Å². The standard InChI is InChI=1S/C58H64FN9O4/c1-33(2)67-31-35(4)54-48(26-46(27-52(54)67)66-20-17-41(18-21-66)40-13-15-43(59)16-14-40)56(70)62-30-50-42(23-38(7)64-58(50)72)12-11-39(8)68-32-36(5)53-47(24-45(25-51(53)68)65-44-10-9-19-60-28-44)55(69)61-29-49-34(3)22-37(6)63-57(49)71/h9-10,13-16,19,22-28,31-33,39,41,65H,11-12,17-18,20-21,29-30H2,1-8H3,(H,61,69)(H,62,70)(H,63,71)(H,64,72). The zero-order valence-corrected chi connectivity index (χ0v) is 42.4. The Bertz CT molecular complexity index is 3450. The van der Waals surface area contributed by atoms with Crippen LogP contribution in [0.3, 0.4) is 0 Å². The highest BCUT2D eigenvalue weighted by Gasteiger charge is 2.26. The number of hydrogen-bond donors (Lipinski definition) is 5. The van der Waals surface area contributed by atoms with Crippen LogP contribution in [0, 0.1) is 40.4 Å². The Morgan fingerprint density at radius 3 is 1.97 bits per heavy atom. The molecule has 1 atom stereocenters. The summed E-state index contributed by atoms with van der Waals surface area (Å²) < 4.78 is 18.1. The molecule has 372 valence electrons. The first kappa shape index (κ1) is 49.2. The molecule has 2 amide bonds. The van der Waals surface area contributed by atoms with Crippen molar-refractivity contribution in [3.63, 3.8) is 0 Å². The van der Waals surface area contributed by atoms with E-state index in [1.165, 1.54) is 12.1 Å². The maximum Gasteiger partial charge on any atom is 0.253 e. The third kappa shape index (κ3) is 10.2. The lowest BCUT2D eigenvalue weighted by atomic mass is 9.89. The first-order chi connectivity index (χ1) is 34.5. The van der Waals surface area contributed by atoms with Gasteiger partial charge in [0.05, 0.1) is 34.0 Å². The number of H-pyrrole nitrogens is 2. The fraction of sp³-hybridized carbons (Fsp3) is 0.328. The Kier molecular flexibility index (Phi) is 14.1. The van der Waals surface area contributed by atoms with E-state index in [4.69, 9.17) is 0 Å². The van der Waals surface area contributed by atoms with Crippen molar-refractivity contribution in [3.8, 4) is 0 Å². The lowest BCUT2D eigenvalue weighted by molar-refractivity contribution is 0.0944. The summed E-state index contributed by atoms with van der Waals surface area (Å²) in [5.41, 5.74) is 12.1. The lowest BCUT2D eigenvalue weighted by Crippen LogP contribution is -2.33. The van der Waals surface area contributed by atoms with Gasteiger partial charge >= 0.3 is 0 Å². The number of hydrogen-bond acceptors (Lipinski definition) is 7. The SMILES string of the molecule is Cc1cc(C)c(CNC(=O)c2cc(Nc3cccnc3)cc3c2c(C)cn3C(C)CCc2cc(C)[nH]c(=O)c2CNC(=O)c2cc(N3CCC(c4ccc(F)cc4)CC3)cc3c2c(C)cn3C(C)C)c(=O)[nH]1. The van der Waals surface area contributed by atoms with E-state index >= 15 is 0 Å². The predicted molar refractivity (Wildman–Crippen MR) is 286 cm³/mol. The van der Waals surface area contributed by atoms with Crippen molar-refractivity contribution in [2.45, 2.75) is 112 Å². The highest BCUT2D eigenvalue weighted by atomic mass is 19.1.